The van der Waals surface area contributed by atoms with Crippen LogP contribution in [0.15, 0.2) is 91.0 Å². The number of nitrogens with zero attached hydrogens (tertiary/aromatic N) is 2. The molecule has 4 aromatic carbocycles. The molecule has 0 unspecified atom stereocenters. The topological polar surface area (TPSA) is 6.48 Å². The van der Waals surface area contributed by atoms with Crippen molar-refractivity contribution in [1.29, 1.82) is 0 Å². The Morgan fingerprint density at radius 2 is 1.29 bits per heavy atom. The maximum absolute atomic E-state index is 3.60. The van der Waals surface area contributed by atoms with E-state index in [1.165, 1.54) is 38.8 Å². The van der Waals surface area contributed by atoms with Crippen molar-refractivity contribution in [3.05, 3.63) is 114 Å². The molecule has 0 bridgehead atoms. The summed E-state index contributed by atoms with van der Waals surface area (Å²) in [5.41, 5.74) is 6.32. The van der Waals surface area contributed by atoms with E-state index in [0.29, 0.717) is 0 Å². The van der Waals surface area contributed by atoms with Gasteiger partial charge in [0.15, 0.2) is 0 Å². The fourth-order valence-corrected chi connectivity index (χ4v) is 3.89. The molecule has 1 heterocycles. The van der Waals surface area contributed by atoms with Crippen LogP contribution in [0.4, 0.5) is 11.4 Å². The Morgan fingerprint density at radius 1 is 0.643 bits per heavy atom. The number of anilines is 2. The normalized spacial score (nSPS) is 13.2. The van der Waals surface area contributed by atoms with Crippen LogP contribution >= 0.6 is 0 Å². The number of hydrogen-bond donors (Lipinski definition) is 0. The maximum atomic E-state index is 3.60. The van der Waals surface area contributed by atoms with Gasteiger partial charge in [-0.15, -0.1) is 0 Å². The smallest absolute Gasteiger partial charge is 0.209 e. The van der Waals surface area contributed by atoms with Crippen LogP contribution in [0.1, 0.15) is 16.7 Å². The lowest BCUT2D eigenvalue weighted by atomic mass is 10.0. The number of fused-ring (bicyclic) bond motifs is 2. The Balaban J connectivity index is 1.45. The highest BCUT2D eigenvalue weighted by molar-refractivity contribution is 5.86. The molecular formula is C26H22N2. The van der Waals surface area contributed by atoms with E-state index in [0.717, 1.165) is 13.1 Å². The van der Waals surface area contributed by atoms with E-state index in [2.05, 4.69) is 114 Å². The second kappa shape index (κ2) is 7.05. The third-order valence-electron chi connectivity index (χ3n) is 5.37. The fraction of sp³-hybridized carbons (Fsp3) is 0.115. The molecule has 0 saturated carbocycles. The number of para-hydroxylation sites is 2. The third-order valence-corrected chi connectivity index (χ3v) is 5.37. The fourth-order valence-electron chi connectivity index (χ4n) is 3.89. The van der Waals surface area contributed by atoms with Crippen molar-refractivity contribution in [2.75, 3.05) is 9.80 Å². The molecule has 136 valence electrons. The molecule has 2 heteroatoms. The molecule has 0 fully saturated rings. The number of hydrogen-bond acceptors (Lipinski definition) is 2. The predicted molar refractivity (Wildman–Crippen MR) is 117 cm³/mol. The molecule has 0 amide bonds. The molecule has 0 N–H and O–H groups in total. The van der Waals surface area contributed by atoms with E-state index < -0.39 is 0 Å². The monoisotopic (exact) mass is 362 g/mol. The van der Waals surface area contributed by atoms with Crippen LogP contribution in [-0.4, -0.2) is 0 Å². The van der Waals surface area contributed by atoms with Crippen molar-refractivity contribution >= 4 is 22.1 Å². The summed E-state index contributed by atoms with van der Waals surface area (Å²) in [5.74, 6) is 0. The molecule has 0 spiro atoms. The van der Waals surface area contributed by atoms with Crippen LogP contribution < -0.4 is 9.80 Å². The van der Waals surface area contributed by atoms with Crippen LogP contribution in [-0.2, 0) is 13.1 Å². The Hall–Kier alpha value is -3.26. The van der Waals surface area contributed by atoms with Gasteiger partial charge in [-0.05, 0) is 41.0 Å². The van der Waals surface area contributed by atoms with Crippen molar-refractivity contribution < 1.29 is 0 Å². The Labute approximate surface area is 166 Å². The zero-order chi connectivity index (χ0) is 18.9. The Bertz CT molecular complexity index is 1110. The highest BCUT2D eigenvalue weighted by Gasteiger charge is 2.27. The van der Waals surface area contributed by atoms with Crippen LogP contribution in [0.3, 0.4) is 0 Å². The lowest BCUT2D eigenvalue weighted by Gasteiger charge is -2.20. The SMILES string of the molecule is Cc1ccc(CN2[C]N(Cc3cccc4ccccc34)c3ccccc32)cc1. The Kier molecular flexibility index (Phi) is 4.25. The minimum atomic E-state index is 0.808. The molecule has 5 rings (SSSR count). The van der Waals surface area contributed by atoms with E-state index in [1.807, 2.05) is 0 Å². The summed E-state index contributed by atoms with van der Waals surface area (Å²) in [4.78, 5) is 4.47. The average Bonchev–Trinajstić information content (AvgIpc) is 3.07. The molecular weight excluding hydrogens is 340 g/mol. The summed E-state index contributed by atoms with van der Waals surface area (Å²) in [6.45, 7) is 7.35. The zero-order valence-corrected chi connectivity index (χ0v) is 16.0. The van der Waals surface area contributed by atoms with Gasteiger partial charge in [0.2, 0.25) is 6.67 Å². The minimum Gasteiger partial charge on any atom is -0.335 e. The summed E-state index contributed by atoms with van der Waals surface area (Å²) in [7, 11) is 0. The molecule has 28 heavy (non-hydrogen) atoms. The van der Waals surface area contributed by atoms with Gasteiger partial charge in [-0.1, -0.05) is 84.4 Å². The number of rotatable bonds is 4. The summed E-state index contributed by atoms with van der Waals surface area (Å²) in [6.07, 6.45) is 0. The van der Waals surface area contributed by atoms with Crippen LogP contribution in [0.2, 0.25) is 0 Å². The third kappa shape index (κ3) is 3.11. The summed E-state index contributed by atoms with van der Waals surface area (Å²) >= 11 is 0. The molecule has 1 aliphatic rings. The first-order valence-corrected chi connectivity index (χ1v) is 9.70. The van der Waals surface area contributed by atoms with Crippen molar-refractivity contribution in [2.24, 2.45) is 0 Å². The van der Waals surface area contributed by atoms with Gasteiger partial charge in [-0.2, -0.15) is 0 Å². The molecule has 2 nitrogen and oxygen atoms in total. The van der Waals surface area contributed by atoms with Gasteiger partial charge in [-0.25, -0.2) is 0 Å². The molecule has 2 radical (unpaired) electrons. The lowest BCUT2D eigenvalue weighted by molar-refractivity contribution is 0.852. The van der Waals surface area contributed by atoms with Crippen molar-refractivity contribution in [3.63, 3.8) is 0 Å². The molecule has 0 saturated heterocycles. The van der Waals surface area contributed by atoms with Crippen molar-refractivity contribution in [3.8, 4) is 0 Å². The standard InChI is InChI=1S/C26H22N2/c1-20-13-15-21(16-14-20)17-27-19-28(26-12-5-4-11-25(26)27)18-23-9-6-8-22-7-2-3-10-24(22)23/h2-16H,17-18H2,1H3. The van der Waals surface area contributed by atoms with E-state index in [-0.39, 0.29) is 0 Å². The first kappa shape index (κ1) is 16.9. The number of benzene rings is 4. The first-order valence-electron chi connectivity index (χ1n) is 9.70. The molecule has 0 aliphatic carbocycles. The average molecular weight is 362 g/mol. The molecule has 4 aromatic rings. The van der Waals surface area contributed by atoms with Gasteiger partial charge < -0.3 is 9.80 Å². The van der Waals surface area contributed by atoms with Gasteiger partial charge in [0.25, 0.3) is 0 Å². The van der Waals surface area contributed by atoms with Gasteiger partial charge >= 0.3 is 0 Å². The van der Waals surface area contributed by atoms with E-state index >= 15 is 0 Å². The Morgan fingerprint density at radius 3 is 2.07 bits per heavy atom. The predicted octanol–water partition coefficient (Wildman–Crippen LogP) is 6.17. The highest BCUT2D eigenvalue weighted by Crippen LogP contribution is 2.40. The van der Waals surface area contributed by atoms with Crippen LogP contribution in [0, 0.1) is 13.6 Å². The second-order valence-corrected chi connectivity index (χ2v) is 7.38. The second-order valence-electron chi connectivity index (χ2n) is 7.38. The van der Waals surface area contributed by atoms with Gasteiger partial charge in [0.1, 0.15) is 0 Å². The van der Waals surface area contributed by atoms with Crippen LogP contribution in [0.5, 0.6) is 0 Å². The van der Waals surface area contributed by atoms with Crippen LogP contribution in [0.25, 0.3) is 10.8 Å². The summed E-state index contributed by atoms with van der Waals surface area (Å²) < 4.78 is 0. The van der Waals surface area contributed by atoms with E-state index in [4.69, 9.17) is 0 Å². The zero-order valence-electron chi connectivity index (χ0n) is 16.0. The molecule has 0 aromatic heterocycles. The minimum absolute atomic E-state index is 0.808. The summed E-state index contributed by atoms with van der Waals surface area (Å²) in [5, 5.41) is 2.59. The van der Waals surface area contributed by atoms with Gasteiger partial charge in [0, 0.05) is 13.1 Å². The van der Waals surface area contributed by atoms with Gasteiger partial charge in [0.05, 0.1) is 11.4 Å². The largest absolute Gasteiger partial charge is 0.335 e. The maximum Gasteiger partial charge on any atom is 0.209 e. The van der Waals surface area contributed by atoms with E-state index in [9.17, 15) is 0 Å². The molecule has 1 aliphatic heterocycles. The van der Waals surface area contributed by atoms with Crippen molar-refractivity contribution in [2.45, 2.75) is 20.0 Å². The first-order chi connectivity index (χ1) is 13.8. The molecule has 0 atom stereocenters. The van der Waals surface area contributed by atoms with Gasteiger partial charge in [-0.3, -0.25) is 0 Å². The van der Waals surface area contributed by atoms with E-state index in [1.54, 1.807) is 0 Å². The quantitative estimate of drug-likeness (QED) is 0.428. The summed E-state index contributed by atoms with van der Waals surface area (Å²) in [6, 6.07) is 32.4. The lowest BCUT2D eigenvalue weighted by Crippen LogP contribution is -2.24. The van der Waals surface area contributed by atoms with Crippen molar-refractivity contribution in [1.82, 2.24) is 0 Å². The number of aryl methyl sites for hydroxylation is 1. The highest BCUT2D eigenvalue weighted by atomic mass is 15.4.